The third-order valence-electron chi connectivity index (χ3n) is 9.49. The molecule has 1 aliphatic heterocycles. The van der Waals surface area contributed by atoms with Crippen molar-refractivity contribution in [2.24, 2.45) is 11.5 Å². The number of amidine groups is 1. The first-order valence-corrected chi connectivity index (χ1v) is 17.0. The molecular formula is C41H42N6O2. The number of amides is 1. The lowest BCUT2D eigenvalue weighted by Gasteiger charge is -2.24. The molecule has 8 nitrogen and oxygen atoms in total. The molecule has 5 aromatic carbocycles. The van der Waals surface area contributed by atoms with Crippen LogP contribution in [0.1, 0.15) is 56.8 Å². The van der Waals surface area contributed by atoms with Gasteiger partial charge in [-0.2, -0.15) is 0 Å². The van der Waals surface area contributed by atoms with Crippen molar-refractivity contribution in [3.8, 4) is 0 Å². The van der Waals surface area contributed by atoms with E-state index in [2.05, 4.69) is 47.0 Å². The minimum absolute atomic E-state index is 0.0428. The molecule has 0 radical (unpaired) electrons. The number of carbonyl (C=O) groups is 1. The van der Waals surface area contributed by atoms with Gasteiger partial charge < -0.3 is 25.7 Å². The van der Waals surface area contributed by atoms with Gasteiger partial charge in [0.15, 0.2) is 0 Å². The van der Waals surface area contributed by atoms with Crippen LogP contribution in [0, 0.1) is 5.41 Å². The molecule has 6 aromatic rings. The zero-order valence-electron chi connectivity index (χ0n) is 27.6. The summed E-state index contributed by atoms with van der Waals surface area (Å²) in [4.78, 5) is 21.4. The highest BCUT2D eigenvalue weighted by molar-refractivity contribution is 5.97. The van der Waals surface area contributed by atoms with E-state index in [-0.39, 0.29) is 17.8 Å². The smallest absolute Gasteiger partial charge is 0.254 e. The second-order valence-electron chi connectivity index (χ2n) is 13.0. The summed E-state index contributed by atoms with van der Waals surface area (Å²) in [7, 11) is 0. The highest BCUT2D eigenvalue weighted by Gasteiger charge is 2.22. The van der Waals surface area contributed by atoms with Crippen LogP contribution in [-0.2, 0) is 43.8 Å². The first-order valence-electron chi connectivity index (χ1n) is 17.0. The molecule has 0 aliphatic carbocycles. The van der Waals surface area contributed by atoms with Crippen LogP contribution in [0.4, 0.5) is 0 Å². The Morgan fingerprint density at radius 2 is 1.51 bits per heavy atom. The van der Waals surface area contributed by atoms with Crippen LogP contribution in [-0.4, -0.2) is 38.9 Å². The normalized spacial score (nSPS) is 14.4. The van der Waals surface area contributed by atoms with Crippen LogP contribution in [0.15, 0.2) is 109 Å². The monoisotopic (exact) mass is 650 g/mol. The second-order valence-corrected chi connectivity index (χ2v) is 13.0. The molecule has 2 heterocycles. The number of hydrogen-bond donors (Lipinski definition) is 3. The molecule has 1 unspecified atom stereocenters. The lowest BCUT2D eigenvalue weighted by molar-refractivity contribution is 0.0730. The Bertz CT molecular complexity index is 2100. The van der Waals surface area contributed by atoms with Gasteiger partial charge in [-0.15, -0.1) is 0 Å². The van der Waals surface area contributed by atoms with E-state index in [1.54, 1.807) is 0 Å². The van der Waals surface area contributed by atoms with Crippen molar-refractivity contribution in [2.45, 2.75) is 58.0 Å². The van der Waals surface area contributed by atoms with E-state index in [0.717, 1.165) is 83.3 Å². The zero-order valence-corrected chi connectivity index (χ0v) is 27.6. The van der Waals surface area contributed by atoms with Crippen molar-refractivity contribution in [3.63, 3.8) is 0 Å². The van der Waals surface area contributed by atoms with Crippen LogP contribution in [0.3, 0.4) is 0 Å². The maximum atomic E-state index is 14.4. The average molecular weight is 651 g/mol. The highest BCUT2D eigenvalue weighted by atomic mass is 16.5. The summed E-state index contributed by atoms with van der Waals surface area (Å²) in [5.74, 6) is 0.994. The Balaban J connectivity index is 1.19. The minimum Gasteiger partial charge on any atom is -0.384 e. The zero-order chi connectivity index (χ0) is 33.7. The highest BCUT2D eigenvalue weighted by Crippen LogP contribution is 2.25. The molecule has 1 aliphatic rings. The predicted molar refractivity (Wildman–Crippen MR) is 195 cm³/mol. The van der Waals surface area contributed by atoms with Gasteiger partial charge in [-0.25, -0.2) is 4.98 Å². The molecular weight excluding hydrogens is 608 g/mol. The van der Waals surface area contributed by atoms with Crippen molar-refractivity contribution in [2.75, 3.05) is 6.61 Å². The number of ether oxygens (including phenoxy) is 1. The van der Waals surface area contributed by atoms with Gasteiger partial charge in [0.25, 0.3) is 5.91 Å². The van der Waals surface area contributed by atoms with E-state index >= 15 is 0 Å². The predicted octanol–water partition coefficient (Wildman–Crippen LogP) is 6.74. The standard InChI is InChI=1S/C41H42N6O2/c42-24-29-7-9-30(10-8-29)25-46(26-31-13-15-32-4-1-2-5-34(32)22-31)41(48)35-18-19-38-37(23-35)45-39(47(38)27-36-6-3-21-49-36)20-14-28-11-16-33(17-12-28)40(43)44/h1-2,4-5,7-13,15-19,22-23,36H,3,6,14,20-21,24-27,42H2,(H3,43,44). The molecule has 5 N–H and O–H groups in total. The summed E-state index contributed by atoms with van der Waals surface area (Å²) in [6.45, 7) is 2.94. The molecule has 0 spiro atoms. The Hall–Kier alpha value is -5.31. The van der Waals surface area contributed by atoms with E-state index < -0.39 is 0 Å². The number of nitrogens with one attached hydrogen (secondary N) is 1. The summed E-state index contributed by atoms with van der Waals surface area (Å²) in [6.07, 6.45) is 3.77. The largest absolute Gasteiger partial charge is 0.384 e. The van der Waals surface area contributed by atoms with Gasteiger partial charge in [0, 0.05) is 43.8 Å². The fourth-order valence-corrected chi connectivity index (χ4v) is 6.75. The van der Waals surface area contributed by atoms with E-state index in [9.17, 15) is 4.79 Å². The number of benzene rings is 5. The van der Waals surface area contributed by atoms with Gasteiger partial charge in [0.2, 0.25) is 0 Å². The van der Waals surface area contributed by atoms with E-state index in [4.69, 9.17) is 26.6 Å². The molecule has 248 valence electrons. The van der Waals surface area contributed by atoms with Gasteiger partial charge >= 0.3 is 0 Å². The number of fused-ring (bicyclic) bond motifs is 2. The average Bonchev–Trinajstić information content (AvgIpc) is 3.78. The fourth-order valence-electron chi connectivity index (χ4n) is 6.75. The van der Waals surface area contributed by atoms with Crippen molar-refractivity contribution < 1.29 is 9.53 Å². The minimum atomic E-state index is -0.0428. The van der Waals surface area contributed by atoms with E-state index in [1.165, 1.54) is 5.39 Å². The van der Waals surface area contributed by atoms with Gasteiger partial charge in [0.1, 0.15) is 11.7 Å². The molecule has 1 saturated heterocycles. The number of carbonyl (C=O) groups excluding carboxylic acids is 1. The molecule has 1 fully saturated rings. The Labute approximate surface area is 286 Å². The van der Waals surface area contributed by atoms with Gasteiger partial charge in [-0.1, -0.05) is 84.9 Å². The lowest BCUT2D eigenvalue weighted by Crippen LogP contribution is -2.30. The first kappa shape index (κ1) is 32.2. The SMILES string of the molecule is N=C(N)c1ccc(CCc2nc3cc(C(=O)N(Cc4ccc(CN)cc4)Cc4ccc5ccccc5c4)ccc3n2CC2CCCO2)cc1. The van der Waals surface area contributed by atoms with E-state index in [0.29, 0.717) is 30.8 Å². The lowest BCUT2D eigenvalue weighted by atomic mass is 10.1. The quantitative estimate of drug-likeness (QED) is 0.100. The third-order valence-corrected chi connectivity index (χ3v) is 9.49. The molecule has 0 bridgehead atoms. The van der Waals surface area contributed by atoms with Crippen LogP contribution >= 0.6 is 0 Å². The maximum absolute atomic E-state index is 14.4. The van der Waals surface area contributed by atoms with Crippen molar-refractivity contribution in [1.82, 2.24) is 14.5 Å². The number of nitrogens with zero attached hydrogens (tertiary/aromatic N) is 3. The molecule has 1 amide bonds. The number of nitrogens with two attached hydrogens (primary N) is 2. The second kappa shape index (κ2) is 14.4. The number of nitrogen functional groups attached to an aromatic ring is 1. The first-order chi connectivity index (χ1) is 23.9. The number of aryl methyl sites for hydroxylation is 2. The Kier molecular flexibility index (Phi) is 9.50. The number of rotatable bonds is 12. The molecule has 0 saturated carbocycles. The molecule has 8 heteroatoms. The molecule has 7 rings (SSSR count). The summed E-state index contributed by atoms with van der Waals surface area (Å²) in [6, 6.07) is 36.6. The van der Waals surface area contributed by atoms with Gasteiger partial charge in [-0.3, -0.25) is 10.2 Å². The molecule has 1 aromatic heterocycles. The Morgan fingerprint density at radius 1 is 0.816 bits per heavy atom. The van der Waals surface area contributed by atoms with Crippen molar-refractivity contribution in [1.29, 1.82) is 5.41 Å². The third kappa shape index (κ3) is 7.41. The van der Waals surface area contributed by atoms with Crippen LogP contribution in [0.2, 0.25) is 0 Å². The van der Waals surface area contributed by atoms with E-state index in [1.807, 2.05) is 71.6 Å². The van der Waals surface area contributed by atoms with Crippen molar-refractivity contribution >= 4 is 33.5 Å². The van der Waals surface area contributed by atoms with Crippen LogP contribution in [0.5, 0.6) is 0 Å². The molecule has 49 heavy (non-hydrogen) atoms. The van der Waals surface area contributed by atoms with Crippen LogP contribution < -0.4 is 11.5 Å². The number of aromatic nitrogens is 2. The maximum Gasteiger partial charge on any atom is 0.254 e. The topological polar surface area (TPSA) is 123 Å². The molecule has 1 atom stereocenters. The van der Waals surface area contributed by atoms with Crippen LogP contribution in [0.25, 0.3) is 21.8 Å². The summed E-state index contributed by atoms with van der Waals surface area (Å²) in [5, 5.41) is 10.0. The van der Waals surface area contributed by atoms with Gasteiger partial charge in [0.05, 0.1) is 23.7 Å². The summed E-state index contributed by atoms with van der Waals surface area (Å²) in [5.41, 5.74) is 19.0. The Morgan fingerprint density at radius 3 is 2.24 bits per heavy atom. The van der Waals surface area contributed by atoms with Crippen molar-refractivity contribution in [3.05, 3.63) is 148 Å². The van der Waals surface area contributed by atoms with Gasteiger partial charge in [-0.05, 0) is 76.6 Å². The summed E-state index contributed by atoms with van der Waals surface area (Å²) < 4.78 is 8.30. The number of imidazole rings is 1. The fraction of sp³-hybridized carbons (Fsp3) is 0.244. The summed E-state index contributed by atoms with van der Waals surface area (Å²) >= 11 is 0. The number of hydrogen-bond acceptors (Lipinski definition) is 5.